The van der Waals surface area contributed by atoms with Crippen molar-refractivity contribution in [3.63, 3.8) is 0 Å². The minimum atomic E-state index is -0.940. The summed E-state index contributed by atoms with van der Waals surface area (Å²) < 4.78 is 1.88. The maximum absolute atomic E-state index is 11.2. The molecule has 0 radical (unpaired) electrons. The van der Waals surface area contributed by atoms with Crippen molar-refractivity contribution in [2.45, 2.75) is 19.4 Å². The van der Waals surface area contributed by atoms with E-state index in [2.05, 4.69) is 30.9 Å². The van der Waals surface area contributed by atoms with Crippen LogP contribution in [0.25, 0.3) is 11.2 Å². The largest absolute Gasteiger partial charge is 0.480 e. The number of carbonyl (C=O) groups is 1. The molecule has 7 nitrogen and oxygen atoms in total. The van der Waals surface area contributed by atoms with Crippen LogP contribution in [0.2, 0.25) is 0 Å². The molecular weight excluding hydrogens is 290 g/mol. The smallest absolute Gasteiger partial charge is 0.326 e. The van der Waals surface area contributed by atoms with Crippen LogP contribution in [0.3, 0.4) is 0 Å². The van der Waals surface area contributed by atoms with Gasteiger partial charge in [-0.2, -0.15) is 0 Å². The Hall–Kier alpha value is -1.70. The predicted octanol–water partition coefficient (Wildman–Crippen LogP) is 1.21. The Balaban J connectivity index is 2.72. The van der Waals surface area contributed by atoms with E-state index in [4.69, 9.17) is 10.8 Å². The first-order valence-corrected chi connectivity index (χ1v) is 5.72. The Morgan fingerprint density at radius 2 is 2.35 bits per heavy atom. The van der Waals surface area contributed by atoms with E-state index < -0.39 is 12.0 Å². The van der Waals surface area contributed by atoms with Gasteiger partial charge in [0, 0.05) is 0 Å². The Bertz CT molecular complexity index is 582. The molecule has 0 aliphatic rings. The van der Waals surface area contributed by atoms with Crippen LogP contribution in [0.4, 0.5) is 5.82 Å². The molecule has 1 atom stereocenters. The van der Waals surface area contributed by atoms with E-state index in [1.165, 1.54) is 10.9 Å². The van der Waals surface area contributed by atoms with Crippen LogP contribution in [0.5, 0.6) is 0 Å². The summed E-state index contributed by atoms with van der Waals surface area (Å²) in [5.74, 6) is -0.709. The monoisotopic (exact) mass is 299 g/mol. The normalized spacial score (nSPS) is 12.8. The summed E-state index contributed by atoms with van der Waals surface area (Å²) in [7, 11) is 0. The van der Waals surface area contributed by atoms with Gasteiger partial charge >= 0.3 is 5.97 Å². The second kappa shape index (κ2) is 4.28. The summed E-state index contributed by atoms with van der Waals surface area (Å²) in [5.41, 5.74) is 6.48. The molecule has 0 aromatic carbocycles. The molecule has 3 N–H and O–H groups in total. The number of imidazole rings is 1. The molecule has 90 valence electrons. The van der Waals surface area contributed by atoms with E-state index in [0.29, 0.717) is 22.3 Å². The summed E-state index contributed by atoms with van der Waals surface area (Å²) in [6.07, 6.45) is 1.71. The molecule has 0 spiro atoms. The van der Waals surface area contributed by atoms with Gasteiger partial charge in [0.05, 0.1) is 0 Å². The number of carboxylic acids is 1. The highest BCUT2D eigenvalue weighted by atomic mass is 79.9. The molecule has 0 bridgehead atoms. The highest BCUT2D eigenvalue weighted by Gasteiger charge is 2.24. The molecule has 2 aromatic heterocycles. The van der Waals surface area contributed by atoms with Gasteiger partial charge in [0.15, 0.2) is 21.7 Å². The number of hydrogen-bond donors (Lipinski definition) is 2. The van der Waals surface area contributed by atoms with E-state index in [1.54, 1.807) is 6.92 Å². The number of nitrogen functional groups attached to an aromatic ring is 1. The van der Waals surface area contributed by atoms with E-state index in [9.17, 15) is 4.79 Å². The fraction of sp³-hybridized carbons (Fsp3) is 0.333. The Labute approximate surface area is 105 Å². The summed E-state index contributed by atoms with van der Waals surface area (Å²) >= 11 is 3.22. The first-order chi connectivity index (χ1) is 8.06. The highest BCUT2D eigenvalue weighted by molar-refractivity contribution is 9.10. The highest BCUT2D eigenvalue weighted by Crippen LogP contribution is 2.27. The Kier molecular flexibility index (Phi) is 2.97. The summed E-state index contributed by atoms with van der Waals surface area (Å²) in [5, 5.41) is 9.15. The maximum atomic E-state index is 11.2. The van der Waals surface area contributed by atoms with Crippen molar-refractivity contribution < 1.29 is 9.90 Å². The molecule has 8 heteroatoms. The molecule has 2 aromatic rings. The van der Waals surface area contributed by atoms with Crippen molar-refractivity contribution in [1.29, 1.82) is 0 Å². The number of hydrogen-bond acceptors (Lipinski definition) is 5. The lowest BCUT2D eigenvalue weighted by Crippen LogP contribution is -2.18. The van der Waals surface area contributed by atoms with Gasteiger partial charge in [-0.15, -0.1) is 0 Å². The number of halogens is 1. The minimum Gasteiger partial charge on any atom is -0.480 e. The minimum absolute atomic E-state index is 0.231. The van der Waals surface area contributed by atoms with Crippen LogP contribution in [-0.2, 0) is 4.79 Å². The van der Waals surface area contributed by atoms with Crippen molar-refractivity contribution >= 4 is 38.9 Å². The molecule has 0 saturated carbocycles. The number of nitrogens with two attached hydrogens (primary N) is 1. The van der Waals surface area contributed by atoms with Crippen LogP contribution < -0.4 is 5.73 Å². The van der Waals surface area contributed by atoms with E-state index in [0.717, 1.165) is 0 Å². The number of aromatic nitrogens is 4. The molecule has 0 saturated heterocycles. The first-order valence-electron chi connectivity index (χ1n) is 4.93. The number of rotatable bonds is 3. The molecule has 2 heterocycles. The predicted molar refractivity (Wildman–Crippen MR) is 64.4 cm³/mol. The third kappa shape index (κ3) is 1.84. The van der Waals surface area contributed by atoms with Gasteiger partial charge in [0.25, 0.3) is 0 Å². The molecular formula is C9H10BrN5O2. The van der Waals surface area contributed by atoms with Crippen molar-refractivity contribution in [2.75, 3.05) is 5.73 Å². The average Bonchev–Trinajstić information content (AvgIpc) is 2.59. The van der Waals surface area contributed by atoms with E-state index >= 15 is 0 Å². The number of nitrogens with zero attached hydrogens (tertiary/aromatic N) is 4. The molecule has 0 aliphatic carbocycles. The lowest BCUT2D eigenvalue weighted by Gasteiger charge is -2.12. The van der Waals surface area contributed by atoms with Crippen molar-refractivity contribution in [3.8, 4) is 0 Å². The topological polar surface area (TPSA) is 107 Å². The van der Waals surface area contributed by atoms with Crippen LogP contribution >= 0.6 is 15.9 Å². The van der Waals surface area contributed by atoms with Crippen LogP contribution in [0.15, 0.2) is 11.1 Å². The third-order valence-electron chi connectivity index (χ3n) is 2.45. The number of fused-ring (bicyclic) bond motifs is 1. The lowest BCUT2D eigenvalue weighted by atomic mass is 10.2. The Morgan fingerprint density at radius 3 is 2.94 bits per heavy atom. The summed E-state index contributed by atoms with van der Waals surface area (Å²) in [6, 6.07) is -0.733. The van der Waals surface area contributed by atoms with Gasteiger partial charge in [-0.05, 0) is 22.4 Å². The SMILES string of the molecule is CCC(C(=O)O)n1c(Br)nc2c(N)ncnc21. The number of anilines is 1. The van der Waals surface area contributed by atoms with Crippen LogP contribution in [-0.4, -0.2) is 30.6 Å². The zero-order chi connectivity index (χ0) is 12.6. The van der Waals surface area contributed by atoms with Gasteiger partial charge in [-0.3, -0.25) is 4.57 Å². The maximum Gasteiger partial charge on any atom is 0.326 e. The molecule has 0 aliphatic heterocycles. The second-order valence-electron chi connectivity index (χ2n) is 3.44. The fourth-order valence-corrected chi connectivity index (χ4v) is 2.24. The lowest BCUT2D eigenvalue weighted by molar-refractivity contribution is -0.140. The molecule has 17 heavy (non-hydrogen) atoms. The second-order valence-corrected chi connectivity index (χ2v) is 4.15. The summed E-state index contributed by atoms with van der Waals surface area (Å²) in [4.78, 5) is 23.1. The first kappa shape index (κ1) is 11.8. The zero-order valence-corrected chi connectivity index (χ0v) is 10.5. The van der Waals surface area contributed by atoms with Gasteiger partial charge in [-0.25, -0.2) is 19.7 Å². The van der Waals surface area contributed by atoms with E-state index in [-0.39, 0.29) is 5.82 Å². The van der Waals surface area contributed by atoms with E-state index in [1.807, 2.05) is 0 Å². The fourth-order valence-electron chi connectivity index (χ4n) is 1.64. The standard InChI is InChI=1S/C9H10BrN5O2/c1-2-4(8(16)17)15-7-5(14-9(15)10)6(11)12-3-13-7/h3-4H,2H2,1H3,(H,16,17)(H2,11,12,13). The van der Waals surface area contributed by atoms with Crippen molar-refractivity contribution in [1.82, 2.24) is 19.5 Å². The molecule has 1 unspecified atom stereocenters. The van der Waals surface area contributed by atoms with Crippen LogP contribution in [0, 0.1) is 0 Å². The molecule has 2 rings (SSSR count). The van der Waals surface area contributed by atoms with Crippen LogP contribution in [0.1, 0.15) is 19.4 Å². The average molecular weight is 300 g/mol. The number of aliphatic carboxylic acids is 1. The molecule has 0 fully saturated rings. The number of carboxylic acid groups (broad SMARTS) is 1. The van der Waals surface area contributed by atoms with Gasteiger partial charge in [0.1, 0.15) is 12.4 Å². The third-order valence-corrected chi connectivity index (χ3v) is 3.01. The zero-order valence-electron chi connectivity index (χ0n) is 8.96. The van der Waals surface area contributed by atoms with Crippen molar-refractivity contribution in [2.24, 2.45) is 0 Å². The van der Waals surface area contributed by atoms with Gasteiger partial charge in [0.2, 0.25) is 0 Å². The Morgan fingerprint density at radius 1 is 1.65 bits per heavy atom. The quantitative estimate of drug-likeness (QED) is 0.825. The molecule has 0 amide bonds. The van der Waals surface area contributed by atoms with Gasteiger partial charge in [-0.1, -0.05) is 6.92 Å². The summed E-state index contributed by atoms with van der Waals surface area (Å²) in [6.45, 7) is 1.78. The van der Waals surface area contributed by atoms with Crippen molar-refractivity contribution in [3.05, 3.63) is 11.1 Å². The van der Waals surface area contributed by atoms with Gasteiger partial charge < -0.3 is 10.8 Å².